The summed E-state index contributed by atoms with van der Waals surface area (Å²) in [6, 6.07) is 7.03. The molecule has 5 heteroatoms. The number of anilines is 1. The van der Waals surface area contributed by atoms with E-state index in [0.29, 0.717) is 24.3 Å². The lowest BCUT2D eigenvalue weighted by Gasteiger charge is -2.41. The van der Waals surface area contributed by atoms with Crippen molar-refractivity contribution >= 4 is 17.6 Å². The van der Waals surface area contributed by atoms with E-state index in [1.54, 1.807) is 18.2 Å². The fraction of sp³-hybridized carbons (Fsp3) is 0.429. The van der Waals surface area contributed by atoms with E-state index in [2.05, 4.69) is 0 Å². The number of nitrogens with zero attached hydrogens (tertiary/aromatic N) is 1. The Bertz CT molecular complexity index is 508. The molecule has 0 atom stereocenters. The highest BCUT2D eigenvalue weighted by Gasteiger charge is 2.46. The average molecular weight is 263 g/mol. The second kappa shape index (κ2) is 4.91. The number of aliphatic carboxylic acids is 1. The molecular weight excluding hydrogens is 246 g/mol. The lowest BCUT2D eigenvalue weighted by atomic mass is 9.93. The van der Waals surface area contributed by atoms with Gasteiger partial charge in [-0.05, 0) is 25.0 Å². The minimum atomic E-state index is -1.04. The van der Waals surface area contributed by atoms with Gasteiger partial charge in [-0.25, -0.2) is 0 Å². The van der Waals surface area contributed by atoms with Gasteiger partial charge in [0.1, 0.15) is 12.3 Å². The molecule has 1 aliphatic rings. The summed E-state index contributed by atoms with van der Waals surface area (Å²) in [5.41, 5.74) is -0.434. The molecule has 1 N–H and O–H groups in total. The predicted octanol–water partition coefficient (Wildman–Crippen LogP) is 2.06. The molecule has 1 heterocycles. The largest absolute Gasteiger partial charge is 0.480 e. The molecule has 0 spiro atoms. The SMILES string of the molecule is CCC1(CC)Oc2ccccc2N(CC(=O)O)C1=O. The van der Waals surface area contributed by atoms with Crippen molar-refractivity contribution in [1.29, 1.82) is 0 Å². The molecule has 1 aromatic rings. The van der Waals surface area contributed by atoms with Gasteiger partial charge in [-0.3, -0.25) is 14.5 Å². The number of hydrogen-bond donors (Lipinski definition) is 1. The highest BCUT2D eigenvalue weighted by atomic mass is 16.5. The molecule has 0 fully saturated rings. The third-order valence-electron chi connectivity index (χ3n) is 3.53. The maximum absolute atomic E-state index is 12.5. The number of carboxylic acids is 1. The molecule has 2 rings (SSSR count). The summed E-state index contributed by atoms with van der Waals surface area (Å²) < 4.78 is 5.86. The predicted molar refractivity (Wildman–Crippen MR) is 70.4 cm³/mol. The van der Waals surface area contributed by atoms with Crippen LogP contribution in [0.4, 0.5) is 5.69 Å². The van der Waals surface area contributed by atoms with Crippen molar-refractivity contribution in [2.45, 2.75) is 32.3 Å². The molecule has 19 heavy (non-hydrogen) atoms. The molecule has 1 aromatic carbocycles. The quantitative estimate of drug-likeness (QED) is 0.902. The summed E-state index contributed by atoms with van der Waals surface area (Å²) in [4.78, 5) is 24.8. The van der Waals surface area contributed by atoms with Crippen LogP contribution in [0.15, 0.2) is 24.3 Å². The van der Waals surface area contributed by atoms with Gasteiger partial charge in [0.2, 0.25) is 0 Å². The number of fused-ring (bicyclic) bond motifs is 1. The van der Waals surface area contributed by atoms with Gasteiger partial charge >= 0.3 is 5.97 Å². The van der Waals surface area contributed by atoms with Crippen molar-refractivity contribution < 1.29 is 19.4 Å². The standard InChI is InChI=1S/C14H17NO4/c1-3-14(4-2)13(18)15(9-12(16)17)10-7-5-6-8-11(10)19-14/h5-8H,3-4,9H2,1-2H3,(H,16,17). The second-order valence-electron chi connectivity index (χ2n) is 4.56. The zero-order valence-electron chi connectivity index (χ0n) is 11.0. The first-order valence-electron chi connectivity index (χ1n) is 6.36. The summed E-state index contributed by atoms with van der Waals surface area (Å²) >= 11 is 0. The van der Waals surface area contributed by atoms with Crippen LogP contribution >= 0.6 is 0 Å². The third kappa shape index (κ3) is 2.16. The molecule has 0 radical (unpaired) electrons. The molecule has 1 aliphatic heterocycles. The van der Waals surface area contributed by atoms with Crippen LogP contribution in [-0.2, 0) is 9.59 Å². The molecule has 0 saturated carbocycles. The first-order valence-corrected chi connectivity index (χ1v) is 6.36. The van der Waals surface area contributed by atoms with Crippen LogP contribution in [-0.4, -0.2) is 29.1 Å². The Kier molecular flexibility index (Phi) is 3.46. The van der Waals surface area contributed by atoms with Crippen LogP contribution in [0.5, 0.6) is 5.75 Å². The van der Waals surface area contributed by atoms with Gasteiger partial charge in [-0.15, -0.1) is 0 Å². The first kappa shape index (κ1) is 13.4. The van der Waals surface area contributed by atoms with Gasteiger partial charge in [0.15, 0.2) is 5.60 Å². The van der Waals surface area contributed by atoms with Crippen LogP contribution in [0, 0.1) is 0 Å². The van der Waals surface area contributed by atoms with Crippen molar-refractivity contribution in [2.75, 3.05) is 11.4 Å². The number of ether oxygens (including phenoxy) is 1. The van der Waals surface area contributed by atoms with E-state index in [1.807, 2.05) is 19.9 Å². The van der Waals surface area contributed by atoms with Gasteiger partial charge in [-0.2, -0.15) is 0 Å². The summed E-state index contributed by atoms with van der Waals surface area (Å²) in [5, 5.41) is 8.99. The maximum Gasteiger partial charge on any atom is 0.323 e. The van der Waals surface area contributed by atoms with E-state index in [-0.39, 0.29) is 12.5 Å². The molecule has 1 amide bonds. The Morgan fingerprint density at radius 2 is 1.95 bits per heavy atom. The Morgan fingerprint density at radius 1 is 1.32 bits per heavy atom. The van der Waals surface area contributed by atoms with E-state index >= 15 is 0 Å². The van der Waals surface area contributed by atoms with Gasteiger partial charge in [-0.1, -0.05) is 26.0 Å². The first-order chi connectivity index (χ1) is 9.04. The normalized spacial score (nSPS) is 16.7. The summed E-state index contributed by atoms with van der Waals surface area (Å²) in [6.07, 6.45) is 1.01. The monoisotopic (exact) mass is 263 g/mol. The number of para-hydroxylation sites is 2. The average Bonchev–Trinajstić information content (AvgIpc) is 2.41. The van der Waals surface area contributed by atoms with Gasteiger partial charge in [0, 0.05) is 0 Å². The number of carbonyl (C=O) groups is 2. The van der Waals surface area contributed by atoms with E-state index in [4.69, 9.17) is 9.84 Å². The number of carbonyl (C=O) groups excluding carboxylic acids is 1. The molecule has 0 aliphatic carbocycles. The molecule has 102 valence electrons. The molecular formula is C14H17NO4. The zero-order chi connectivity index (χ0) is 14.0. The molecule has 5 nitrogen and oxygen atoms in total. The van der Waals surface area contributed by atoms with Crippen molar-refractivity contribution in [2.24, 2.45) is 0 Å². The van der Waals surface area contributed by atoms with Gasteiger partial charge in [0.25, 0.3) is 5.91 Å². The van der Waals surface area contributed by atoms with Crippen LogP contribution in [0.25, 0.3) is 0 Å². The summed E-state index contributed by atoms with van der Waals surface area (Å²) in [6.45, 7) is 3.39. The van der Waals surface area contributed by atoms with Crippen LogP contribution < -0.4 is 9.64 Å². The smallest absolute Gasteiger partial charge is 0.323 e. The Balaban J connectivity index is 2.51. The molecule has 0 unspecified atom stereocenters. The number of rotatable bonds is 4. The maximum atomic E-state index is 12.5. The highest BCUT2D eigenvalue weighted by molar-refractivity contribution is 6.05. The van der Waals surface area contributed by atoms with E-state index in [9.17, 15) is 9.59 Å². The lowest BCUT2D eigenvalue weighted by molar-refractivity contribution is -0.141. The van der Waals surface area contributed by atoms with Crippen molar-refractivity contribution in [3.8, 4) is 5.75 Å². The fourth-order valence-electron chi connectivity index (χ4n) is 2.36. The summed E-state index contributed by atoms with van der Waals surface area (Å²) in [7, 11) is 0. The zero-order valence-corrected chi connectivity index (χ0v) is 11.0. The number of benzene rings is 1. The fourth-order valence-corrected chi connectivity index (χ4v) is 2.36. The number of carboxylic acid groups (broad SMARTS) is 1. The molecule has 0 saturated heterocycles. The van der Waals surface area contributed by atoms with Crippen molar-refractivity contribution in [1.82, 2.24) is 0 Å². The van der Waals surface area contributed by atoms with Crippen LogP contribution in [0.2, 0.25) is 0 Å². The third-order valence-corrected chi connectivity index (χ3v) is 3.53. The van der Waals surface area contributed by atoms with Crippen LogP contribution in [0.1, 0.15) is 26.7 Å². The Morgan fingerprint density at radius 3 is 2.53 bits per heavy atom. The Labute approximate surface area is 111 Å². The Hall–Kier alpha value is -2.04. The van der Waals surface area contributed by atoms with E-state index < -0.39 is 11.6 Å². The number of hydrogen-bond acceptors (Lipinski definition) is 3. The number of amides is 1. The lowest BCUT2D eigenvalue weighted by Crippen LogP contribution is -2.56. The van der Waals surface area contributed by atoms with Crippen molar-refractivity contribution in [3.63, 3.8) is 0 Å². The highest BCUT2D eigenvalue weighted by Crippen LogP contribution is 2.40. The minimum Gasteiger partial charge on any atom is -0.480 e. The van der Waals surface area contributed by atoms with E-state index in [0.717, 1.165) is 0 Å². The molecule has 0 aromatic heterocycles. The van der Waals surface area contributed by atoms with Gasteiger partial charge in [0.05, 0.1) is 5.69 Å². The van der Waals surface area contributed by atoms with Gasteiger partial charge < -0.3 is 9.84 Å². The minimum absolute atomic E-state index is 0.279. The topological polar surface area (TPSA) is 66.8 Å². The molecule has 0 bridgehead atoms. The van der Waals surface area contributed by atoms with Crippen LogP contribution in [0.3, 0.4) is 0 Å². The van der Waals surface area contributed by atoms with E-state index in [1.165, 1.54) is 4.90 Å². The second-order valence-corrected chi connectivity index (χ2v) is 4.56. The summed E-state index contributed by atoms with van der Waals surface area (Å²) in [5.74, 6) is -0.753. The van der Waals surface area contributed by atoms with Crippen molar-refractivity contribution in [3.05, 3.63) is 24.3 Å².